The highest BCUT2D eigenvalue weighted by Gasteiger charge is 2.19. The number of esters is 1. The van der Waals surface area contributed by atoms with Crippen LogP contribution in [0.3, 0.4) is 0 Å². The van der Waals surface area contributed by atoms with Crippen LogP contribution in [-0.4, -0.2) is 19.1 Å². The van der Waals surface area contributed by atoms with Gasteiger partial charge in [-0.05, 0) is 12.5 Å². The smallest absolute Gasteiger partial charge is 0.306 e. The zero-order valence-electron chi connectivity index (χ0n) is 9.14. The summed E-state index contributed by atoms with van der Waals surface area (Å²) < 4.78 is 4.66. The number of ether oxygens (including phenoxy) is 1. The van der Waals surface area contributed by atoms with Crippen LogP contribution in [-0.2, 0) is 9.53 Å². The van der Waals surface area contributed by atoms with Gasteiger partial charge >= 0.3 is 5.97 Å². The molecule has 0 unspecified atom stereocenters. The molecule has 0 bridgehead atoms. The van der Waals surface area contributed by atoms with Crippen LogP contribution in [0.15, 0.2) is 30.3 Å². The molecule has 2 N–H and O–H groups in total. The average Bonchev–Trinajstić information content (AvgIpc) is 2.26. The summed E-state index contributed by atoms with van der Waals surface area (Å²) >= 11 is 0. The Hall–Kier alpha value is -1.35. The highest BCUT2D eigenvalue weighted by Crippen LogP contribution is 2.22. The number of nitrogens with two attached hydrogens (primary N) is 1. The van der Waals surface area contributed by atoms with Crippen molar-refractivity contribution in [2.45, 2.75) is 25.3 Å². The Morgan fingerprint density at radius 3 is 2.47 bits per heavy atom. The van der Waals surface area contributed by atoms with Crippen LogP contribution in [0.5, 0.6) is 0 Å². The zero-order valence-corrected chi connectivity index (χ0v) is 9.14. The summed E-state index contributed by atoms with van der Waals surface area (Å²) in [5.41, 5.74) is 6.95. The van der Waals surface area contributed by atoms with E-state index >= 15 is 0 Å². The number of hydrogen-bond donors (Lipinski definition) is 1. The topological polar surface area (TPSA) is 52.3 Å². The third-order valence-corrected chi connectivity index (χ3v) is 2.48. The molecule has 0 radical (unpaired) electrons. The lowest BCUT2D eigenvalue weighted by molar-refractivity contribution is -0.141. The molecule has 0 aliphatic heterocycles. The molecule has 0 saturated carbocycles. The largest absolute Gasteiger partial charge is 0.469 e. The predicted octanol–water partition coefficient (Wildman–Crippen LogP) is 1.68. The molecule has 0 spiro atoms. The van der Waals surface area contributed by atoms with E-state index in [0.29, 0.717) is 6.42 Å². The van der Waals surface area contributed by atoms with Gasteiger partial charge in [0.05, 0.1) is 13.5 Å². The Morgan fingerprint density at radius 2 is 2.00 bits per heavy atom. The lowest BCUT2D eigenvalue weighted by atomic mass is 9.90. The van der Waals surface area contributed by atoms with Gasteiger partial charge in [-0.1, -0.05) is 30.3 Å². The van der Waals surface area contributed by atoms with Crippen LogP contribution in [0.25, 0.3) is 0 Å². The molecule has 0 aliphatic carbocycles. The molecule has 1 aromatic carbocycles. The number of hydrogen-bond acceptors (Lipinski definition) is 3. The maximum Gasteiger partial charge on any atom is 0.306 e. The van der Waals surface area contributed by atoms with E-state index in [2.05, 4.69) is 4.74 Å². The van der Waals surface area contributed by atoms with Crippen LogP contribution in [0.1, 0.15) is 24.8 Å². The molecule has 3 nitrogen and oxygen atoms in total. The summed E-state index contributed by atoms with van der Waals surface area (Å²) in [6, 6.07) is 9.74. The minimum Gasteiger partial charge on any atom is -0.469 e. The monoisotopic (exact) mass is 207 g/mol. The summed E-state index contributed by atoms with van der Waals surface area (Å²) in [4.78, 5) is 11.2. The summed E-state index contributed by atoms with van der Waals surface area (Å²) in [5.74, 6) is -0.195. The van der Waals surface area contributed by atoms with Crippen molar-refractivity contribution in [3.63, 3.8) is 0 Å². The van der Waals surface area contributed by atoms with Crippen LogP contribution in [0.2, 0.25) is 0 Å². The molecule has 0 saturated heterocycles. The maximum atomic E-state index is 11.2. The molecular formula is C12H17NO2. The van der Waals surface area contributed by atoms with Crippen molar-refractivity contribution in [3.05, 3.63) is 35.9 Å². The molecule has 2 atom stereocenters. The molecule has 82 valence electrons. The van der Waals surface area contributed by atoms with E-state index in [1.165, 1.54) is 7.11 Å². The molecule has 0 aliphatic rings. The van der Waals surface area contributed by atoms with Gasteiger partial charge in [0.15, 0.2) is 0 Å². The number of rotatable bonds is 4. The molecular weight excluding hydrogens is 190 g/mol. The van der Waals surface area contributed by atoms with E-state index in [1.807, 2.05) is 37.3 Å². The van der Waals surface area contributed by atoms with Crippen LogP contribution >= 0.6 is 0 Å². The highest BCUT2D eigenvalue weighted by molar-refractivity contribution is 5.70. The highest BCUT2D eigenvalue weighted by atomic mass is 16.5. The molecule has 1 rings (SSSR count). The second-order valence-corrected chi connectivity index (χ2v) is 3.66. The summed E-state index contributed by atoms with van der Waals surface area (Å²) in [5, 5.41) is 0. The SMILES string of the molecule is COC(=O)C[C@H](c1ccccc1)[C@@H](C)N. The molecule has 0 fully saturated rings. The normalized spacial score (nSPS) is 14.3. The summed E-state index contributed by atoms with van der Waals surface area (Å²) in [6.07, 6.45) is 0.332. The first kappa shape index (κ1) is 11.7. The standard InChI is InChI=1S/C12H17NO2/c1-9(13)11(8-12(14)15-2)10-6-4-3-5-7-10/h3-7,9,11H,8,13H2,1-2H3/t9-,11+/m1/s1. The van der Waals surface area contributed by atoms with Gasteiger partial charge in [0.2, 0.25) is 0 Å². The molecule has 1 aromatic rings. The average molecular weight is 207 g/mol. The van der Waals surface area contributed by atoms with E-state index in [0.717, 1.165) is 5.56 Å². The first-order chi connectivity index (χ1) is 7.15. The second kappa shape index (κ2) is 5.51. The third kappa shape index (κ3) is 3.36. The van der Waals surface area contributed by atoms with Crippen molar-refractivity contribution < 1.29 is 9.53 Å². The lowest BCUT2D eigenvalue weighted by Gasteiger charge is -2.19. The van der Waals surface area contributed by atoms with Gasteiger partial charge in [-0.2, -0.15) is 0 Å². The molecule has 3 heteroatoms. The minimum atomic E-state index is -0.221. The fraction of sp³-hybridized carbons (Fsp3) is 0.417. The molecule has 15 heavy (non-hydrogen) atoms. The fourth-order valence-electron chi connectivity index (χ4n) is 1.57. The van der Waals surface area contributed by atoms with E-state index in [4.69, 9.17) is 5.73 Å². The quantitative estimate of drug-likeness (QED) is 0.764. The molecule has 0 aromatic heterocycles. The maximum absolute atomic E-state index is 11.2. The number of benzene rings is 1. The van der Waals surface area contributed by atoms with Crippen molar-refractivity contribution in [2.75, 3.05) is 7.11 Å². The van der Waals surface area contributed by atoms with Crippen LogP contribution < -0.4 is 5.73 Å². The van der Waals surface area contributed by atoms with Gasteiger partial charge < -0.3 is 10.5 Å². The Morgan fingerprint density at radius 1 is 1.40 bits per heavy atom. The number of methoxy groups -OCH3 is 1. The molecule has 0 amide bonds. The third-order valence-electron chi connectivity index (χ3n) is 2.48. The first-order valence-corrected chi connectivity index (χ1v) is 5.02. The van der Waals surface area contributed by atoms with Crippen molar-refractivity contribution in [1.82, 2.24) is 0 Å². The first-order valence-electron chi connectivity index (χ1n) is 5.02. The van der Waals surface area contributed by atoms with Gasteiger partial charge in [0.1, 0.15) is 0 Å². The molecule has 0 heterocycles. The van der Waals surface area contributed by atoms with Gasteiger partial charge in [-0.25, -0.2) is 0 Å². The Labute approximate surface area is 90.2 Å². The van der Waals surface area contributed by atoms with E-state index in [9.17, 15) is 4.79 Å². The second-order valence-electron chi connectivity index (χ2n) is 3.66. The Bertz CT molecular complexity index is 309. The van der Waals surface area contributed by atoms with Crippen LogP contribution in [0, 0.1) is 0 Å². The van der Waals surface area contributed by atoms with Crippen molar-refractivity contribution in [2.24, 2.45) is 5.73 Å². The lowest BCUT2D eigenvalue weighted by Crippen LogP contribution is -2.27. The predicted molar refractivity (Wildman–Crippen MR) is 59.5 cm³/mol. The van der Waals surface area contributed by atoms with Gasteiger partial charge in [0, 0.05) is 12.0 Å². The minimum absolute atomic E-state index is 0.0265. The van der Waals surface area contributed by atoms with Crippen LogP contribution in [0.4, 0.5) is 0 Å². The van der Waals surface area contributed by atoms with Crippen molar-refractivity contribution >= 4 is 5.97 Å². The van der Waals surface area contributed by atoms with Gasteiger partial charge in [-0.3, -0.25) is 4.79 Å². The van der Waals surface area contributed by atoms with Gasteiger partial charge in [-0.15, -0.1) is 0 Å². The van der Waals surface area contributed by atoms with E-state index < -0.39 is 0 Å². The number of carbonyl (C=O) groups excluding carboxylic acids is 1. The zero-order chi connectivity index (χ0) is 11.3. The van der Waals surface area contributed by atoms with Crippen molar-refractivity contribution in [1.29, 1.82) is 0 Å². The summed E-state index contributed by atoms with van der Waals surface area (Å²) in [6.45, 7) is 1.90. The summed E-state index contributed by atoms with van der Waals surface area (Å²) in [7, 11) is 1.39. The van der Waals surface area contributed by atoms with Gasteiger partial charge in [0.25, 0.3) is 0 Å². The fourth-order valence-corrected chi connectivity index (χ4v) is 1.57. The van der Waals surface area contributed by atoms with Crippen molar-refractivity contribution in [3.8, 4) is 0 Å². The van der Waals surface area contributed by atoms with E-state index in [1.54, 1.807) is 0 Å². The Kier molecular flexibility index (Phi) is 4.31. The van der Waals surface area contributed by atoms with E-state index in [-0.39, 0.29) is 17.9 Å². The number of carbonyl (C=O) groups is 1. The Balaban J connectivity index is 2.79.